The fraction of sp³-hybridized carbons (Fsp3) is 1.00. The van der Waals surface area contributed by atoms with Gasteiger partial charge in [-0.2, -0.15) is 0 Å². The molecule has 0 aromatic heterocycles. The van der Waals surface area contributed by atoms with Gasteiger partial charge in [-0.1, -0.05) is 40.0 Å². The first-order chi connectivity index (χ1) is 5.91. The predicted octanol–water partition coefficient (Wildman–Crippen LogP) is 3.81. The third kappa shape index (κ3) is 4.27. The molecular formula is C11H24OSi. The molecule has 0 amide bonds. The molecule has 0 radical (unpaired) electrons. The van der Waals surface area contributed by atoms with Crippen LogP contribution in [0.15, 0.2) is 0 Å². The third-order valence-electron chi connectivity index (χ3n) is 2.76. The summed E-state index contributed by atoms with van der Waals surface area (Å²) >= 11 is 0. The van der Waals surface area contributed by atoms with E-state index in [1.54, 1.807) is 0 Å². The highest BCUT2D eigenvalue weighted by Crippen LogP contribution is 2.30. The average molecular weight is 200 g/mol. The molecule has 1 aliphatic heterocycles. The van der Waals surface area contributed by atoms with Crippen LogP contribution in [0.4, 0.5) is 0 Å². The van der Waals surface area contributed by atoms with Gasteiger partial charge in [-0.15, -0.1) is 0 Å². The van der Waals surface area contributed by atoms with Crippen molar-refractivity contribution >= 4 is 8.32 Å². The Bertz CT molecular complexity index is 154. The zero-order valence-corrected chi connectivity index (χ0v) is 10.7. The fourth-order valence-electron chi connectivity index (χ4n) is 1.83. The zero-order valence-electron chi connectivity index (χ0n) is 9.65. The summed E-state index contributed by atoms with van der Waals surface area (Å²) in [5.41, 5.74) is 0.341. The predicted molar refractivity (Wildman–Crippen MR) is 60.5 cm³/mol. The normalized spacial score (nSPS) is 23.1. The minimum atomic E-state index is -1.25. The van der Waals surface area contributed by atoms with E-state index in [0.717, 1.165) is 6.61 Å². The van der Waals surface area contributed by atoms with Gasteiger partial charge in [0.1, 0.15) is 0 Å². The van der Waals surface area contributed by atoms with Gasteiger partial charge in [0.05, 0.1) is 0 Å². The molecule has 1 aliphatic rings. The van der Waals surface area contributed by atoms with Crippen molar-refractivity contribution in [2.45, 2.75) is 58.7 Å². The molecule has 0 aromatic rings. The molecule has 0 aliphatic carbocycles. The average Bonchev–Trinajstić information content (AvgIpc) is 2.02. The molecule has 13 heavy (non-hydrogen) atoms. The van der Waals surface area contributed by atoms with E-state index in [4.69, 9.17) is 4.43 Å². The first kappa shape index (κ1) is 11.3. The molecule has 1 nitrogen and oxygen atoms in total. The second kappa shape index (κ2) is 4.14. The van der Waals surface area contributed by atoms with Crippen LogP contribution in [-0.2, 0) is 4.43 Å². The smallest absolute Gasteiger partial charge is 0.189 e. The number of hydrogen-bond acceptors (Lipinski definition) is 1. The highest BCUT2D eigenvalue weighted by atomic mass is 28.4. The molecule has 0 saturated carbocycles. The van der Waals surface area contributed by atoms with Gasteiger partial charge in [-0.05, 0) is 24.1 Å². The van der Waals surface area contributed by atoms with Crippen LogP contribution >= 0.6 is 0 Å². The van der Waals surface area contributed by atoms with Crippen LogP contribution in [0.2, 0.25) is 18.6 Å². The van der Waals surface area contributed by atoms with E-state index in [1.165, 1.54) is 31.4 Å². The van der Waals surface area contributed by atoms with Gasteiger partial charge in [-0.25, -0.2) is 0 Å². The van der Waals surface area contributed by atoms with Crippen molar-refractivity contribution in [1.82, 2.24) is 0 Å². The van der Waals surface area contributed by atoms with Crippen molar-refractivity contribution in [3.63, 3.8) is 0 Å². The van der Waals surface area contributed by atoms with Crippen LogP contribution in [-0.4, -0.2) is 14.9 Å². The molecule has 0 aromatic carbocycles. The van der Waals surface area contributed by atoms with Gasteiger partial charge in [0.15, 0.2) is 8.32 Å². The van der Waals surface area contributed by atoms with E-state index < -0.39 is 8.32 Å². The Morgan fingerprint density at radius 2 is 1.62 bits per heavy atom. The van der Waals surface area contributed by atoms with Crippen LogP contribution in [0, 0.1) is 5.41 Å². The molecule has 1 saturated heterocycles. The van der Waals surface area contributed by atoms with Gasteiger partial charge in [0.2, 0.25) is 0 Å². The van der Waals surface area contributed by atoms with E-state index in [1.807, 2.05) is 0 Å². The van der Waals surface area contributed by atoms with Crippen LogP contribution < -0.4 is 0 Å². The molecule has 0 N–H and O–H groups in total. The largest absolute Gasteiger partial charge is 0.417 e. The van der Waals surface area contributed by atoms with Crippen molar-refractivity contribution in [2.75, 3.05) is 6.61 Å². The lowest BCUT2D eigenvalue weighted by Gasteiger charge is -2.34. The quantitative estimate of drug-likeness (QED) is 0.616. The number of hydrogen-bond donors (Lipinski definition) is 0. The first-order valence-corrected chi connectivity index (χ1v) is 8.38. The molecule has 0 bridgehead atoms. The lowest BCUT2D eigenvalue weighted by Crippen LogP contribution is -2.39. The van der Waals surface area contributed by atoms with E-state index >= 15 is 0 Å². The van der Waals surface area contributed by atoms with Crippen LogP contribution in [0.3, 0.4) is 0 Å². The van der Waals surface area contributed by atoms with Crippen LogP contribution in [0.1, 0.15) is 40.0 Å². The molecule has 2 heteroatoms. The van der Waals surface area contributed by atoms with Crippen LogP contribution in [0.25, 0.3) is 0 Å². The van der Waals surface area contributed by atoms with Crippen molar-refractivity contribution in [3.05, 3.63) is 0 Å². The fourth-order valence-corrected chi connectivity index (χ4v) is 5.15. The van der Waals surface area contributed by atoms with Gasteiger partial charge in [0.25, 0.3) is 0 Å². The SMILES string of the molecule is CC(C)(C)CO[Si]1(C)CCCCC1. The maximum Gasteiger partial charge on any atom is 0.189 e. The minimum Gasteiger partial charge on any atom is -0.417 e. The van der Waals surface area contributed by atoms with Gasteiger partial charge in [0, 0.05) is 6.61 Å². The molecule has 78 valence electrons. The highest BCUT2D eigenvalue weighted by Gasteiger charge is 2.32. The zero-order chi connectivity index (χ0) is 9.95. The Morgan fingerprint density at radius 1 is 1.08 bits per heavy atom. The Kier molecular flexibility index (Phi) is 3.58. The summed E-state index contributed by atoms with van der Waals surface area (Å²) in [4.78, 5) is 0. The summed E-state index contributed by atoms with van der Waals surface area (Å²) in [7, 11) is -1.25. The summed E-state index contributed by atoms with van der Waals surface area (Å²) in [5, 5.41) is 0. The Morgan fingerprint density at radius 3 is 2.08 bits per heavy atom. The summed E-state index contributed by atoms with van der Waals surface area (Å²) in [6, 6.07) is 2.78. The van der Waals surface area contributed by atoms with Crippen molar-refractivity contribution in [3.8, 4) is 0 Å². The minimum absolute atomic E-state index is 0.341. The monoisotopic (exact) mass is 200 g/mol. The second-order valence-corrected chi connectivity index (χ2v) is 10.0. The first-order valence-electron chi connectivity index (χ1n) is 5.55. The topological polar surface area (TPSA) is 9.23 Å². The second-order valence-electron chi connectivity index (χ2n) is 5.86. The van der Waals surface area contributed by atoms with E-state index in [-0.39, 0.29) is 0 Å². The van der Waals surface area contributed by atoms with Crippen LogP contribution in [0.5, 0.6) is 0 Å². The Labute approximate surface area is 84.0 Å². The lowest BCUT2D eigenvalue weighted by atomic mass is 9.99. The molecule has 0 atom stereocenters. The molecule has 0 spiro atoms. The van der Waals surface area contributed by atoms with E-state index in [2.05, 4.69) is 27.3 Å². The summed E-state index contributed by atoms with van der Waals surface area (Å²) in [5.74, 6) is 0. The molecule has 1 fully saturated rings. The van der Waals surface area contributed by atoms with Gasteiger partial charge in [-0.3, -0.25) is 0 Å². The maximum absolute atomic E-state index is 6.17. The Balaban J connectivity index is 2.33. The summed E-state index contributed by atoms with van der Waals surface area (Å²) < 4.78 is 6.17. The molecule has 1 rings (SSSR count). The lowest BCUT2D eigenvalue weighted by molar-refractivity contribution is 0.184. The summed E-state index contributed by atoms with van der Waals surface area (Å²) in [6.07, 6.45) is 4.25. The van der Waals surface area contributed by atoms with Gasteiger partial charge < -0.3 is 4.43 Å². The van der Waals surface area contributed by atoms with Crippen molar-refractivity contribution < 1.29 is 4.43 Å². The standard InChI is InChI=1S/C11H24OSi/c1-11(2,3)10-12-13(4)8-6-5-7-9-13/h5-10H2,1-4H3. The van der Waals surface area contributed by atoms with Crippen molar-refractivity contribution in [2.24, 2.45) is 5.41 Å². The summed E-state index contributed by atoms with van der Waals surface area (Å²) in [6.45, 7) is 10.1. The molecular weight excluding hydrogens is 176 g/mol. The number of rotatable bonds is 2. The van der Waals surface area contributed by atoms with E-state index in [0.29, 0.717) is 5.41 Å². The van der Waals surface area contributed by atoms with Crippen molar-refractivity contribution in [1.29, 1.82) is 0 Å². The highest BCUT2D eigenvalue weighted by molar-refractivity contribution is 6.72. The Hall–Kier alpha value is 0.177. The molecule has 1 heterocycles. The van der Waals surface area contributed by atoms with Gasteiger partial charge >= 0.3 is 0 Å². The maximum atomic E-state index is 6.17. The third-order valence-corrected chi connectivity index (χ3v) is 6.43. The molecule has 0 unspecified atom stereocenters. The van der Waals surface area contributed by atoms with E-state index in [9.17, 15) is 0 Å².